The Labute approximate surface area is 88.9 Å². The number of hydrogen-bond donors (Lipinski definition) is 1. The van der Waals surface area contributed by atoms with Crippen molar-refractivity contribution in [3.8, 4) is 0 Å². The van der Waals surface area contributed by atoms with Crippen molar-refractivity contribution in [3.63, 3.8) is 0 Å². The van der Waals surface area contributed by atoms with E-state index in [1.54, 1.807) is 11.3 Å². The van der Waals surface area contributed by atoms with Crippen LogP contribution in [-0.4, -0.2) is 11.0 Å². The van der Waals surface area contributed by atoms with E-state index in [-0.39, 0.29) is 0 Å². The van der Waals surface area contributed by atoms with E-state index in [0.717, 1.165) is 17.1 Å². The summed E-state index contributed by atoms with van der Waals surface area (Å²) < 4.78 is 0. The van der Waals surface area contributed by atoms with Gasteiger partial charge in [0, 0.05) is 11.4 Å². The van der Waals surface area contributed by atoms with Crippen LogP contribution in [0, 0.1) is 6.92 Å². The Balaban J connectivity index is 2.09. The summed E-state index contributed by atoms with van der Waals surface area (Å²) in [5, 5.41) is 3.25. The number of thiazole rings is 1. The van der Waals surface area contributed by atoms with Gasteiger partial charge in [-0.1, -0.05) is 5.57 Å². The molecule has 2 rings (SSSR count). The van der Waals surface area contributed by atoms with Crippen LogP contribution >= 0.6 is 11.3 Å². The van der Waals surface area contributed by atoms with E-state index in [4.69, 9.17) is 5.73 Å². The van der Waals surface area contributed by atoms with Gasteiger partial charge in [0.15, 0.2) is 0 Å². The lowest BCUT2D eigenvalue weighted by Gasteiger charge is -2.19. The van der Waals surface area contributed by atoms with Gasteiger partial charge >= 0.3 is 0 Å². The first-order chi connectivity index (χ1) is 6.74. The van der Waals surface area contributed by atoms with E-state index in [1.165, 1.54) is 24.8 Å². The standard InChI is InChI=1S/C11H16N2S/c1-8-13-11(7-14-8)6-9-3-2-4-10(12)5-9/h6-7,10H,2-5,12H2,1H3/b9-6-. The highest BCUT2D eigenvalue weighted by molar-refractivity contribution is 7.09. The van der Waals surface area contributed by atoms with Gasteiger partial charge in [-0.25, -0.2) is 4.98 Å². The maximum Gasteiger partial charge on any atom is 0.0901 e. The molecule has 0 aromatic carbocycles. The van der Waals surface area contributed by atoms with Crippen LogP contribution in [0.3, 0.4) is 0 Å². The lowest BCUT2D eigenvalue weighted by atomic mass is 9.91. The summed E-state index contributed by atoms with van der Waals surface area (Å²) in [6.07, 6.45) is 6.87. The average molecular weight is 208 g/mol. The molecule has 2 N–H and O–H groups in total. The van der Waals surface area contributed by atoms with Crippen molar-refractivity contribution in [3.05, 3.63) is 21.7 Å². The summed E-state index contributed by atoms with van der Waals surface area (Å²) in [6.45, 7) is 2.04. The Morgan fingerprint density at radius 2 is 2.50 bits per heavy atom. The second kappa shape index (κ2) is 4.24. The Bertz CT molecular complexity index is 341. The van der Waals surface area contributed by atoms with Crippen LogP contribution in [0.5, 0.6) is 0 Å². The number of aryl methyl sites for hydroxylation is 1. The number of nitrogens with zero attached hydrogens (tertiary/aromatic N) is 1. The molecule has 1 unspecified atom stereocenters. The minimum atomic E-state index is 0.370. The Hall–Kier alpha value is -0.670. The second-order valence-electron chi connectivity index (χ2n) is 3.95. The van der Waals surface area contributed by atoms with Crippen molar-refractivity contribution >= 4 is 17.4 Å². The molecular weight excluding hydrogens is 192 g/mol. The Morgan fingerprint density at radius 3 is 3.14 bits per heavy atom. The van der Waals surface area contributed by atoms with Gasteiger partial charge in [0.05, 0.1) is 10.7 Å². The minimum absolute atomic E-state index is 0.370. The van der Waals surface area contributed by atoms with Crippen LogP contribution in [-0.2, 0) is 0 Å². The highest BCUT2D eigenvalue weighted by Gasteiger charge is 2.12. The van der Waals surface area contributed by atoms with Crippen LogP contribution in [0.2, 0.25) is 0 Å². The predicted molar refractivity (Wildman–Crippen MR) is 61.3 cm³/mol. The summed E-state index contributed by atoms with van der Waals surface area (Å²) in [5.41, 5.74) is 8.50. The highest BCUT2D eigenvalue weighted by Crippen LogP contribution is 2.24. The summed E-state index contributed by atoms with van der Waals surface area (Å²) >= 11 is 1.71. The van der Waals surface area contributed by atoms with Gasteiger partial charge in [0.25, 0.3) is 0 Å². The summed E-state index contributed by atoms with van der Waals surface area (Å²) in [4.78, 5) is 4.43. The van der Waals surface area contributed by atoms with Crippen molar-refractivity contribution < 1.29 is 0 Å². The van der Waals surface area contributed by atoms with Gasteiger partial charge in [-0.05, 0) is 38.7 Å². The molecule has 0 saturated heterocycles. The third kappa shape index (κ3) is 2.42. The van der Waals surface area contributed by atoms with Gasteiger partial charge < -0.3 is 5.73 Å². The zero-order valence-electron chi connectivity index (χ0n) is 8.49. The second-order valence-corrected chi connectivity index (χ2v) is 5.01. The molecule has 1 aromatic heterocycles. The van der Waals surface area contributed by atoms with Gasteiger partial charge in [-0.15, -0.1) is 11.3 Å². The molecule has 1 atom stereocenters. The fourth-order valence-electron chi connectivity index (χ4n) is 1.92. The van der Waals surface area contributed by atoms with E-state index >= 15 is 0 Å². The number of nitrogens with two attached hydrogens (primary N) is 1. The third-order valence-electron chi connectivity index (χ3n) is 2.59. The largest absolute Gasteiger partial charge is 0.327 e. The Kier molecular flexibility index (Phi) is 2.99. The zero-order chi connectivity index (χ0) is 9.97. The van der Waals surface area contributed by atoms with E-state index in [9.17, 15) is 0 Å². The maximum absolute atomic E-state index is 5.93. The smallest absolute Gasteiger partial charge is 0.0901 e. The molecule has 0 amide bonds. The van der Waals surface area contributed by atoms with Crippen LogP contribution < -0.4 is 5.73 Å². The number of hydrogen-bond acceptors (Lipinski definition) is 3. The normalized spacial score (nSPS) is 25.6. The third-order valence-corrected chi connectivity index (χ3v) is 3.38. The SMILES string of the molecule is Cc1nc(/C=C2/CCCC(N)C2)cs1. The van der Waals surface area contributed by atoms with Gasteiger partial charge in [0.1, 0.15) is 0 Å². The van der Waals surface area contributed by atoms with Gasteiger partial charge in [-0.3, -0.25) is 0 Å². The first-order valence-electron chi connectivity index (χ1n) is 5.11. The lowest BCUT2D eigenvalue weighted by Crippen LogP contribution is -2.23. The molecule has 1 fully saturated rings. The maximum atomic E-state index is 5.93. The quantitative estimate of drug-likeness (QED) is 0.770. The molecule has 1 aliphatic carbocycles. The molecule has 0 bridgehead atoms. The fraction of sp³-hybridized carbons (Fsp3) is 0.545. The average Bonchev–Trinajstić information content (AvgIpc) is 2.51. The number of aromatic nitrogens is 1. The molecule has 1 heterocycles. The van der Waals surface area contributed by atoms with Crippen molar-refractivity contribution in [1.82, 2.24) is 4.98 Å². The molecule has 76 valence electrons. The Morgan fingerprint density at radius 1 is 1.64 bits per heavy atom. The molecule has 0 aliphatic heterocycles. The van der Waals surface area contributed by atoms with Gasteiger partial charge in [0.2, 0.25) is 0 Å². The van der Waals surface area contributed by atoms with Crippen LogP contribution in [0.15, 0.2) is 11.0 Å². The predicted octanol–water partition coefficient (Wildman–Crippen LogP) is 2.74. The van der Waals surface area contributed by atoms with Crippen molar-refractivity contribution in [1.29, 1.82) is 0 Å². The molecule has 14 heavy (non-hydrogen) atoms. The van der Waals surface area contributed by atoms with E-state index < -0.39 is 0 Å². The summed E-state index contributed by atoms with van der Waals surface area (Å²) in [6, 6.07) is 0.370. The van der Waals surface area contributed by atoms with Crippen molar-refractivity contribution in [2.24, 2.45) is 5.73 Å². The monoisotopic (exact) mass is 208 g/mol. The van der Waals surface area contributed by atoms with E-state index in [0.29, 0.717) is 6.04 Å². The minimum Gasteiger partial charge on any atom is -0.327 e. The first kappa shape index (κ1) is 9.87. The molecule has 0 radical (unpaired) electrons. The topological polar surface area (TPSA) is 38.9 Å². The van der Waals surface area contributed by atoms with Crippen molar-refractivity contribution in [2.75, 3.05) is 0 Å². The highest BCUT2D eigenvalue weighted by atomic mass is 32.1. The molecule has 1 aromatic rings. The summed E-state index contributed by atoms with van der Waals surface area (Å²) in [5.74, 6) is 0. The molecule has 3 heteroatoms. The fourth-order valence-corrected chi connectivity index (χ4v) is 2.49. The summed E-state index contributed by atoms with van der Waals surface area (Å²) in [7, 11) is 0. The van der Waals surface area contributed by atoms with Crippen LogP contribution in [0.4, 0.5) is 0 Å². The number of rotatable bonds is 1. The molecule has 1 aliphatic rings. The first-order valence-corrected chi connectivity index (χ1v) is 5.99. The molecule has 1 saturated carbocycles. The van der Waals surface area contributed by atoms with Crippen LogP contribution in [0.25, 0.3) is 6.08 Å². The molecule has 2 nitrogen and oxygen atoms in total. The van der Waals surface area contributed by atoms with Crippen molar-refractivity contribution in [2.45, 2.75) is 38.6 Å². The molecular formula is C11H16N2S. The lowest BCUT2D eigenvalue weighted by molar-refractivity contribution is 0.520. The van der Waals surface area contributed by atoms with Crippen LogP contribution in [0.1, 0.15) is 36.4 Å². The zero-order valence-corrected chi connectivity index (χ0v) is 9.31. The van der Waals surface area contributed by atoms with E-state index in [1.807, 2.05) is 6.92 Å². The molecule has 0 spiro atoms. The van der Waals surface area contributed by atoms with E-state index in [2.05, 4.69) is 16.4 Å². The van der Waals surface area contributed by atoms with Gasteiger partial charge in [-0.2, -0.15) is 0 Å².